The Morgan fingerprint density at radius 2 is 0.909 bits per heavy atom. The zero-order valence-electron chi connectivity index (χ0n) is 34.0. The molecule has 2 aromatic heterocycles. The number of rotatable bonds is 11. The molecule has 16 heteroatoms. The highest BCUT2D eigenvalue weighted by molar-refractivity contribution is 5.81. The van der Waals surface area contributed by atoms with Crippen LogP contribution >= 0.6 is 0 Å². The summed E-state index contributed by atoms with van der Waals surface area (Å²) in [5.74, 6) is -4.50. The summed E-state index contributed by atoms with van der Waals surface area (Å²) in [5, 5.41) is 10.9. The summed E-state index contributed by atoms with van der Waals surface area (Å²) in [5.41, 5.74) is 0.946. The van der Waals surface area contributed by atoms with Gasteiger partial charge in [0.2, 0.25) is 0 Å². The highest BCUT2D eigenvalue weighted by Gasteiger charge is 2.17. The van der Waals surface area contributed by atoms with Crippen LogP contribution < -0.4 is 20.6 Å². The number of aldehydes is 1. The van der Waals surface area contributed by atoms with Crippen molar-refractivity contribution in [3.63, 3.8) is 0 Å². The van der Waals surface area contributed by atoms with Gasteiger partial charge in [0.25, 0.3) is 11.1 Å². The number of ether oxygens (including phenoxy) is 2. The van der Waals surface area contributed by atoms with Crippen LogP contribution in [0.5, 0.6) is 23.0 Å². The molecule has 330 valence electrons. The van der Waals surface area contributed by atoms with Crippen LogP contribution in [0.4, 0.5) is 26.3 Å². The Morgan fingerprint density at radius 1 is 0.515 bits per heavy atom. The molecule has 0 aliphatic rings. The molecule has 1 atom stereocenters. The monoisotopic (exact) mass is 898 g/mol. The zero-order valence-corrected chi connectivity index (χ0v) is 34.0. The molecule has 0 amide bonds. The minimum atomic E-state index is -1.03. The third-order valence-electron chi connectivity index (χ3n) is 10.3. The number of carbonyl (C=O) groups is 1. The van der Waals surface area contributed by atoms with Crippen molar-refractivity contribution in [3.05, 3.63) is 236 Å². The summed E-state index contributed by atoms with van der Waals surface area (Å²) in [6.07, 6.45) is 2.29. The number of carbonyl (C=O) groups excluding carboxylic acids is 1. The first-order chi connectivity index (χ1) is 31.8. The first-order valence-electron chi connectivity index (χ1n) is 19.8. The summed E-state index contributed by atoms with van der Waals surface area (Å²) < 4.78 is 97.1. The van der Waals surface area contributed by atoms with Crippen molar-refractivity contribution in [1.29, 1.82) is 0 Å². The molecule has 1 unspecified atom stereocenters. The molecular formula is C50H32F6N4O6. The number of aliphatic hydroxyl groups excluding tert-OH is 1. The Bertz CT molecular complexity index is 3320. The van der Waals surface area contributed by atoms with E-state index < -0.39 is 52.1 Å². The van der Waals surface area contributed by atoms with E-state index in [1.165, 1.54) is 33.9 Å². The van der Waals surface area contributed by atoms with Gasteiger partial charge in [-0.1, -0.05) is 42.5 Å². The van der Waals surface area contributed by atoms with Gasteiger partial charge in [0.15, 0.2) is 0 Å². The molecule has 10 nitrogen and oxygen atoms in total. The Hall–Kier alpha value is -8.37. The lowest BCUT2D eigenvalue weighted by molar-refractivity contribution is 0.112. The van der Waals surface area contributed by atoms with E-state index >= 15 is 0 Å². The molecule has 0 bridgehead atoms. The number of fused-ring (bicyclic) bond motifs is 2. The van der Waals surface area contributed by atoms with Gasteiger partial charge in [-0.05, 0) is 83.9 Å². The smallest absolute Gasteiger partial charge is 0.280 e. The third kappa shape index (κ3) is 9.88. The lowest BCUT2D eigenvalue weighted by Crippen LogP contribution is -2.14. The minimum Gasteiger partial charge on any atom is -0.457 e. The Balaban J connectivity index is 0.000000182. The maximum Gasteiger partial charge on any atom is 0.280 e. The van der Waals surface area contributed by atoms with Crippen LogP contribution in [-0.4, -0.2) is 30.5 Å². The van der Waals surface area contributed by atoms with E-state index in [1.54, 1.807) is 72.8 Å². The maximum absolute atomic E-state index is 14.1. The van der Waals surface area contributed by atoms with Crippen molar-refractivity contribution < 1.29 is 45.7 Å². The molecule has 1 N–H and O–H groups in total. The van der Waals surface area contributed by atoms with Crippen molar-refractivity contribution in [2.75, 3.05) is 0 Å². The first-order valence-corrected chi connectivity index (χ1v) is 19.8. The van der Waals surface area contributed by atoms with Crippen LogP contribution in [0.1, 0.15) is 38.7 Å². The van der Waals surface area contributed by atoms with Crippen molar-refractivity contribution in [2.24, 2.45) is 0 Å². The van der Waals surface area contributed by atoms with Gasteiger partial charge in [-0.2, -0.15) is 9.97 Å². The van der Waals surface area contributed by atoms with Crippen LogP contribution in [-0.2, 0) is 13.1 Å². The van der Waals surface area contributed by atoms with E-state index in [-0.39, 0.29) is 35.0 Å². The fraction of sp³-hybridized carbons (Fsp3) is 0.0600. The predicted octanol–water partition coefficient (Wildman–Crippen LogP) is 10.2. The van der Waals surface area contributed by atoms with Crippen molar-refractivity contribution in [1.82, 2.24) is 19.1 Å². The highest BCUT2D eigenvalue weighted by atomic mass is 19.2. The molecule has 9 rings (SSSR count). The second kappa shape index (κ2) is 19.2. The van der Waals surface area contributed by atoms with Gasteiger partial charge in [0.1, 0.15) is 70.3 Å². The summed E-state index contributed by atoms with van der Waals surface area (Å²) in [7, 11) is 0. The molecule has 0 radical (unpaired) electrons. The number of hydrogen-bond acceptors (Lipinski definition) is 8. The predicted molar refractivity (Wildman–Crippen MR) is 232 cm³/mol. The second-order valence-electron chi connectivity index (χ2n) is 14.7. The van der Waals surface area contributed by atoms with E-state index in [2.05, 4.69) is 9.97 Å². The van der Waals surface area contributed by atoms with Crippen molar-refractivity contribution >= 4 is 28.1 Å². The second-order valence-corrected chi connectivity index (χ2v) is 14.7. The number of nitrogens with zero attached hydrogens (tertiary/aromatic N) is 4. The lowest BCUT2D eigenvalue weighted by atomic mass is 10.0. The minimum absolute atomic E-state index is 0.183. The number of halogens is 6. The van der Waals surface area contributed by atoms with Crippen LogP contribution in [0.3, 0.4) is 0 Å². The standard InChI is InChI=1S/C28H19F3N2O3.C22H13F3N2O3/c29-19-12-24(30)23(25(31)13-19)15-33-16-32-28(35)22-14-21(10-11-26(22)33)36-20-8-6-18(7-9-20)27(34)17-4-2-1-3-5-17;23-14-7-19(24)18(20(25)8-14)10-27-12-26-22(29)17-9-16(5-6-21(17)27)30-15-3-1-13(11-28)2-4-15/h1-14,16,27,34H,15H2;1-9,11-12H,10H2. The SMILES string of the molecule is O=Cc1ccc(Oc2ccc3c(c2)c(=O)ncn3Cc2c(F)cc(F)cc2F)cc1.O=c1ncn(Cc2c(F)cc(F)cc2F)c2ccc(Oc3ccc(C(O)c4ccccc4)cc3)cc12. The summed E-state index contributed by atoms with van der Waals surface area (Å²) in [6.45, 7) is -0.567. The normalized spacial score (nSPS) is 11.5. The molecule has 0 saturated carbocycles. The molecule has 0 fully saturated rings. The van der Waals surface area contributed by atoms with Gasteiger partial charge in [0, 0.05) is 41.0 Å². The highest BCUT2D eigenvalue weighted by Crippen LogP contribution is 2.29. The Morgan fingerprint density at radius 3 is 1.33 bits per heavy atom. The van der Waals surface area contributed by atoms with E-state index in [4.69, 9.17) is 9.47 Å². The van der Waals surface area contributed by atoms with E-state index in [0.29, 0.717) is 75.7 Å². The van der Waals surface area contributed by atoms with E-state index in [0.717, 1.165) is 5.56 Å². The van der Waals surface area contributed by atoms with Crippen LogP contribution in [0.25, 0.3) is 21.8 Å². The van der Waals surface area contributed by atoms with E-state index in [9.17, 15) is 45.8 Å². The van der Waals surface area contributed by atoms with E-state index in [1.807, 2.05) is 30.3 Å². The average Bonchev–Trinajstić information content (AvgIpc) is 3.31. The van der Waals surface area contributed by atoms with Gasteiger partial charge >= 0.3 is 0 Å². The van der Waals surface area contributed by atoms with Crippen molar-refractivity contribution in [2.45, 2.75) is 19.2 Å². The van der Waals surface area contributed by atoms with Gasteiger partial charge in [0.05, 0.1) is 47.6 Å². The lowest BCUT2D eigenvalue weighted by Gasteiger charge is -2.14. The number of benzene rings is 7. The van der Waals surface area contributed by atoms with Crippen LogP contribution in [0, 0.1) is 34.9 Å². The largest absolute Gasteiger partial charge is 0.457 e. The summed E-state index contributed by atoms with van der Waals surface area (Å²) >= 11 is 0. The fourth-order valence-electron chi connectivity index (χ4n) is 6.98. The molecular weight excluding hydrogens is 867 g/mol. The molecule has 66 heavy (non-hydrogen) atoms. The van der Waals surface area contributed by atoms with Crippen molar-refractivity contribution in [3.8, 4) is 23.0 Å². The van der Waals surface area contributed by atoms with Gasteiger partial charge in [-0.25, -0.2) is 26.3 Å². The van der Waals surface area contributed by atoms with Gasteiger partial charge in [-0.15, -0.1) is 0 Å². The molecule has 0 aliphatic carbocycles. The number of hydrogen-bond donors (Lipinski definition) is 1. The number of aliphatic hydroxyl groups is 1. The third-order valence-corrected chi connectivity index (χ3v) is 10.3. The fourth-order valence-corrected chi connectivity index (χ4v) is 6.98. The zero-order chi connectivity index (χ0) is 46.5. The average molecular weight is 899 g/mol. The molecule has 2 heterocycles. The molecule has 9 aromatic rings. The Kier molecular flexibility index (Phi) is 12.8. The van der Waals surface area contributed by atoms with Crippen LogP contribution in [0.15, 0.2) is 162 Å². The Labute approximate surface area is 369 Å². The van der Waals surface area contributed by atoms with Crippen LogP contribution in [0.2, 0.25) is 0 Å². The molecule has 0 aliphatic heterocycles. The molecule has 0 spiro atoms. The van der Waals surface area contributed by atoms with Gasteiger partial charge < -0.3 is 23.7 Å². The number of aromatic nitrogens is 4. The topological polar surface area (TPSA) is 126 Å². The quantitative estimate of drug-likeness (QED) is 0.101. The summed E-state index contributed by atoms with van der Waals surface area (Å²) in [6, 6.07) is 34.2. The molecule has 7 aromatic carbocycles. The molecule has 0 saturated heterocycles. The summed E-state index contributed by atoms with van der Waals surface area (Å²) in [4.78, 5) is 42.9. The maximum atomic E-state index is 14.1. The first kappa shape index (κ1) is 44.2. The van der Waals surface area contributed by atoms with Gasteiger partial charge in [-0.3, -0.25) is 14.4 Å².